The SMILES string of the molecule is CCC1CCCC(O)(Cc2c(Br)c(C)nn2C)C1. The van der Waals surface area contributed by atoms with Crippen molar-refractivity contribution in [1.29, 1.82) is 0 Å². The third-order valence-electron chi connectivity index (χ3n) is 4.26. The average Bonchev–Trinajstić information content (AvgIpc) is 2.56. The lowest BCUT2D eigenvalue weighted by Crippen LogP contribution is -2.38. The highest BCUT2D eigenvalue weighted by Gasteiger charge is 2.35. The fourth-order valence-corrected chi connectivity index (χ4v) is 3.63. The molecule has 0 aromatic carbocycles. The van der Waals surface area contributed by atoms with Crippen LogP contribution in [0.25, 0.3) is 0 Å². The molecular weight excluding hydrogens is 292 g/mol. The predicted octanol–water partition coefficient (Wildman–Crippen LogP) is 3.36. The third-order valence-corrected chi connectivity index (χ3v) is 5.29. The van der Waals surface area contributed by atoms with Crippen molar-refractivity contribution in [3.63, 3.8) is 0 Å². The normalized spacial score (nSPS) is 28.6. The number of aliphatic hydroxyl groups is 1. The zero-order valence-electron chi connectivity index (χ0n) is 11.5. The van der Waals surface area contributed by atoms with Gasteiger partial charge in [0.15, 0.2) is 0 Å². The van der Waals surface area contributed by atoms with Crippen LogP contribution in [0.15, 0.2) is 4.47 Å². The van der Waals surface area contributed by atoms with E-state index in [-0.39, 0.29) is 0 Å². The topological polar surface area (TPSA) is 38.1 Å². The van der Waals surface area contributed by atoms with Gasteiger partial charge < -0.3 is 5.11 Å². The molecule has 0 saturated heterocycles. The molecule has 0 amide bonds. The Labute approximate surface area is 118 Å². The lowest BCUT2D eigenvalue weighted by molar-refractivity contribution is -0.0177. The summed E-state index contributed by atoms with van der Waals surface area (Å²) in [5.41, 5.74) is 1.58. The van der Waals surface area contributed by atoms with Gasteiger partial charge in [0.25, 0.3) is 0 Å². The van der Waals surface area contributed by atoms with Gasteiger partial charge in [0, 0.05) is 13.5 Å². The zero-order valence-corrected chi connectivity index (χ0v) is 13.1. The van der Waals surface area contributed by atoms with Gasteiger partial charge in [-0.05, 0) is 41.6 Å². The summed E-state index contributed by atoms with van der Waals surface area (Å²) < 4.78 is 2.95. The van der Waals surface area contributed by atoms with Crippen LogP contribution in [0.3, 0.4) is 0 Å². The molecule has 18 heavy (non-hydrogen) atoms. The van der Waals surface area contributed by atoms with Crippen LogP contribution in [-0.2, 0) is 13.5 Å². The second-order valence-electron chi connectivity index (χ2n) is 5.74. The number of nitrogens with zero attached hydrogens (tertiary/aromatic N) is 2. The van der Waals surface area contributed by atoms with Crippen molar-refractivity contribution in [2.45, 2.75) is 58.0 Å². The highest BCUT2D eigenvalue weighted by molar-refractivity contribution is 9.10. The van der Waals surface area contributed by atoms with E-state index in [9.17, 15) is 5.11 Å². The van der Waals surface area contributed by atoms with Crippen molar-refractivity contribution in [2.75, 3.05) is 0 Å². The summed E-state index contributed by atoms with van der Waals surface area (Å²) in [6.45, 7) is 4.22. The standard InChI is InChI=1S/C14H23BrN2O/c1-4-11-6-5-7-14(18,8-11)9-12-13(15)10(2)16-17(12)3/h11,18H,4-9H2,1-3H3. The number of hydrogen-bond donors (Lipinski definition) is 1. The number of rotatable bonds is 3. The van der Waals surface area contributed by atoms with Crippen LogP contribution in [-0.4, -0.2) is 20.5 Å². The Balaban J connectivity index is 2.16. The maximum Gasteiger partial charge on any atom is 0.0738 e. The van der Waals surface area contributed by atoms with Gasteiger partial charge in [-0.3, -0.25) is 4.68 Å². The number of halogens is 1. The molecule has 0 spiro atoms. The lowest BCUT2D eigenvalue weighted by atomic mass is 9.75. The molecule has 2 atom stereocenters. The highest BCUT2D eigenvalue weighted by atomic mass is 79.9. The molecule has 1 aromatic rings. The Hall–Kier alpha value is -0.350. The van der Waals surface area contributed by atoms with E-state index < -0.39 is 5.60 Å². The Morgan fingerprint density at radius 1 is 1.56 bits per heavy atom. The average molecular weight is 315 g/mol. The molecule has 1 heterocycles. The van der Waals surface area contributed by atoms with Crippen molar-refractivity contribution in [3.8, 4) is 0 Å². The molecule has 102 valence electrons. The zero-order chi connectivity index (χ0) is 13.3. The van der Waals surface area contributed by atoms with E-state index in [1.54, 1.807) is 0 Å². The molecule has 0 radical (unpaired) electrons. The number of aryl methyl sites for hydroxylation is 2. The molecule has 1 saturated carbocycles. The Kier molecular flexibility index (Phi) is 4.17. The van der Waals surface area contributed by atoms with Crippen molar-refractivity contribution in [2.24, 2.45) is 13.0 Å². The van der Waals surface area contributed by atoms with Gasteiger partial charge in [0.05, 0.1) is 21.5 Å². The van der Waals surface area contributed by atoms with E-state index in [2.05, 4.69) is 28.0 Å². The molecule has 2 unspecified atom stereocenters. The first-order valence-corrected chi connectivity index (χ1v) is 7.65. The van der Waals surface area contributed by atoms with Crippen LogP contribution in [0.1, 0.15) is 50.4 Å². The number of hydrogen-bond acceptors (Lipinski definition) is 2. The van der Waals surface area contributed by atoms with Crippen LogP contribution in [0.5, 0.6) is 0 Å². The van der Waals surface area contributed by atoms with E-state index in [0.29, 0.717) is 12.3 Å². The monoisotopic (exact) mass is 314 g/mol. The molecule has 2 rings (SSSR count). The summed E-state index contributed by atoms with van der Waals surface area (Å²) in [6, 6.07) is 0. The first-order chi connectivity index (χ1) is 8.45. The second-order valence-corrected chi connectivity index (χ2v) is 6.53. The Morgan fingerprint density at radius 3 is 2.83 bits per heavy atom. The first kappa shape index (κ1) is 14.1. The maximum absolute atomic E-state index is 10.8. The first-order valence-electron chi connectivity index (χ1n) is 6.85. The van der Waals surface area contributed by atoms with E-state index in [0.717, 1.165) is 35.1 Å². The smallest absolute Gasteiger partial charge is 0.0738 e. The van der Waals surface area contributed by atoms with Gasteiger partial charge in [-0.1, -0.05) is 26.2 Å². The highest BCUT2D eigenvalue weighted by Crippen LogP contribution is 2.37. The fraction of sp³-hybridized carbons (Fsp3) is 0.786. The summed E-state index contributed by atoms with van der Waals surface area (Å²) in [5, 5.41) is 15.2. The van der Waals surface area contributed by atoms with E-state index in [4.69, 9.17) is 0 Å². The Bertz CT molecular complexity index is 430. The summed E-state index contributed by atoms with van der Waals surface area (Å²) in [6.07, 6.45) is 6.14. The van der Waals surface area contributed by atoms with Crippen molar-refractivity contribution >= 4 is 15.9 Å². The molecule has 3 nitrogen and oxygen atoms in total. The van der Waals surface area contributed by atoms with Gasteiger partial charge in [-0.15, -0.1) is 0 Å². The van der Waals surface area contributed by atoms with Crippen LogP contribution < -0.4 is 0 Å². The molecular formula is C14H23BrN2O. The summed E-state index contributed by atoms with van der Waals surface area (Å²) >= 11 is 3.59. The van der Waals surface area contributed by atoms with Crippen LogP contribution in [0.2, 0.25) is 0 Å². The molecule has 1 aromatic heterocycles. The molecule has 0 aliphatic heterocycles. The van der Waals surface area contributed by atoms with Crippen LogP contribution in [0.4, 0.5) is 0 Å². The Morgan fingerprint density at radius 2 is 2.28 bits per heavy atom. The van der Waals surface area contributed by atoms with Gasteiger partial charge in [0.1, 0.15) is 0 Å². The van der Waals surface area contributed by atoms with E-state index in [1.807, 2.05) is 18.7 Å². The number of aromatic nitrogens is 2. The minimum atomic E-state index is -0.540. The summed E-state index contributed by atoms with van der Waals surface area (Å²) in [5.74, 6) is 0.678. The molecule has 1 aliphatic carbocycles. The molecule has 1 fully saturated rings. The van der Waals surface area contributed by atoms with E-state index >= 15 is 0 Å². The lowest BCUT2D eigenvalue weighted by Gasteiger charge is -2.36. The van der Waals surface area contributed by atoms with Crippen LogP contribution >= 0.6 is 15.9 Å². The maximum atomic E-state index is 10.8. The van der Waals surface area contributed by atoms with Crippen molar-refractivity contribution in [3.05, 3.63) is 15.9 Å². The predicted molar refractivity (Wildman–Crippen MR) is 76.5 cm³/mol. The van der Waals surface area contributed by atoms with Gasteiger partial charge >= 0.3 is 0 Å². The minimum Gasteiger partial charge on any atom is -0.389 e. The second kappa shape index (κ2) is 5.33. The summed E-state index contributed by atoms with van der Waals surface area (Å²) in [4.78, 5) is 0. The molecule has 1 aliphatic rings. The van der Waals surface area contributed by atoms with Crippen molar-refractivity contribution < 1.29 is 5.11 Å². The van der Waals surface area contributed by atoms with Gasteiger partial charge in [0.2, 0.25) is 0 Å². The molecule has 0 bridgehead atoms. The van der Waals surface area contributed by atoms with Crippen molar-refractivity contribution in [1.82, 2.24) is 9.78 Å². The molecule has 1 N–H and O–H groups in total. The van der Waals surface area contributed by atoms with E-state index in [1.165, 1.54) is 12.8 Å². The quantitative estimate of drug-likeness (QED) is 0.929. The third kappa shape index (κ3) is 2.80. The van der Waals surface area contributed by atoms with Gasteiger partial charge in [-0.25, -0.2) is 0 Å². The largest absolute Gasteiger partial charge is 0.389 e. The summed E-state index contributed by atoms with van der Waals surface area (Å²) in [7, 11) is 1.95. The molecule has 4 heteroatoms. The minimum absolute atomic E-state index is 0.540. The fourth-order valence-electron chi connectivity index (χ4n) is 3.15. The van der Waals surface area contributed by atoms with Gasteiger partial charge in [-0.2, -0.15) is 5.10 Å². The van der Waals surface area contributed by atoms with Crippen LogP contribution in [0, 0.1) is 12.8 Å².